The van der Waals surface area contributed by atoms with E-state index in [-0.39, 0.29) is 16.4 Å². The lowest BCUT2D eigenvalue weighted by Crippen LogP contribution is -2.14. The smallest absolute Gasteiger partial charge is 0.321 e. The standard InChI is InChI=1S/C15H9ClF3N3O/c16-12-11-6-1-2-7-22(11)21-13(12)14(23)20-10-5-3-4-9(8-10)15(17,18)19/h1-8H,(H,20,23). The second kappa shape index (κ2) is 5.58. The number of rotatable bonds is 2. The number of amides is 1. The van der Waals surface area contributed by atoms with Crippen molar-refractivity contribution in [2.75, 3.05) is 5.32 Å². The zero-order valence-electron chi connectivity index (χ0n) is 11.4. The molecule has 3 rings (SSSR count). The van der Waals surface area contributed by atoms with Crippen LogP contribution in [-0.4, -0.2) is 15.5 Å². The molecule has 0 saturated carbocycles. The Morgan fingerprint density at radius 3 is 2.65 bits per heavy atom. The maximum Gasteiger partial charge on any atom is 0.416 e. The number of hydrogen-bond acceptors (Lipinski definition) is 2. The van der Waals surface area contributed by atoms with Gasteiger partial charge >= 0.3 is 6.18 Å². The van der Waals surface area contributed by atoms with Crippen LogP contribution in [0.1, 0.15) is 16.1 Å². The summed E-state index contributed by atoms with van der Waals surface area (Å²) in [7, 11) is 0. The van der Waals surface area contributed by atoms with Crippen molar-refractivity contribution >= 4 is 28.7 Å². The van der Waals surface area contributed by atoms with Gasteiger partial charge < -0.3 is 5.32 Å². The number of aromatic nitrogens is 2. The fraction of sp³-hybridized carbons (Fsp3) is 0.0667. The Morgan fingerprint density at radius 2 is 1.96 bits per heavy atom. The lowest BCUT2D eigenvalue weighted by molar-refractivity contribution is -0.137. The van der Waals surface area contributed by atoms with Crippen LogP contribution in [0, 0.1) is 0 Å². The molecule has 0 aliphatic heterocycles. The monoisotopic (exact) mass is 339 g/mol. The lowest BCUT2D eigenvalue weighted by Gasteiger charge is -2.09. The first kappa shape index (κ1) is 15.4. The highest BCUT2D eigenvalue weighted by molar-refractivity contribution is 6.37. The molecular formula is C15H9ClF3N3O. The second-order valence-electron chi connectivity index (χ2n) is 4.73. The van der Waals surface area contributed by atoms with Crippen molar-refractivity contribution in [3.05, 3.63) is 64.9 Å². The van der Waals surface area contributed by atoms with Gasteiger partial charge in [-0.3, -0.25) is 4.79 Å². The van der Waals surface area contributed by atoms with Crippen LogP contribution in [0.3, 0.4) is 0 Å². The number of nitrogens with one attached hydrogen (secondary N) is 1. The Hall–Kier alpha value is -2.54. The van der Waals surface area contributed by atoms with Crippen LogP contribution in [0.15, 0.2) is 48.7 Å². The van der Waals surface area contributed by atoms with Crippen LogP contribution in [0.25, 0.3) is 5.52 Å². The molecule has 8 heteroatoms. The third-order valence-corrected chi connectivity index (χ3v) is 3.52. The van der Waals surface area contributed by atoms with Gasteiger partial charge in [0.1, 0.15) is 0 Å². The maximum absolute atomic E-state index is 12.7. The molecule has 0 atom stereocenters. The van der Waals surface area contributed by atoms with Gasteiger partial charge in [-0.25, -0.2) is 4.52 Å². The van der Waals surface area contributed by atoms with Crippen molar-refractivity contribution in [3.63, 3.8) is 0 Å². The molecule has 0 aliphatic rings. The minimum atomic E-state index is -4.48. The van der Waals surface area contributed by atoms with Crippen LogP contribution in [-0.2, 0) is 6.18 Å². The number of halogens is 4. The third kappa shape index (κ3) is 3.00. The molecule has 3 aromatic rings. The summed E-state index contributed by atoms with van der Waals surface area (Å²) in [5.74, 6) is -0.682. The molecule has 2 heterocycles. The number of anilines is 1. The van der Waals surface area contributed by atoms with E-state index in [9.17, 15) is 18.0 Å². The molecule has 1 N–H and O–H groups in total. The third-order valence-electron chi connectivity index (χ3n) is 3.14. The molecule has 0 radical (unpaired) electrons. The lowest BCUT2D eigenvalue weighted by atomic mass is 10.2. The molecule has 118 valence electrons. The SMILES string of the molecule is O=C(Nc1cccc(C(F)(F)F)c1)c1nn2ccccc2c1Cl. The van der Waals surface area contributed by atoms with Gasteiger partial charge in [-0.15, -0.1) is 0 Å². The number of carbonyl (C=O) groups is 1. The zero-order valence-corrected chi connectivity index (χ0v) is 12.2. The van der Waals surface area contributed by atoms with Gasteiger partial charge in [0, 0.05) is 11.9 Å². The van der Waals surface area contributed by atoms with E-state index in [2.05, 4.69) is 10.4 Å². The summed E-state index contributed by atoms with van der Waals surface area (Å²) in [4.78, 5) is 12.2. The first-order valence-corrected chi connectivity index (χ1v) is 6.85. The fourth-order valence-electron chi connectivity index (χ4n) is 2.08. The predicted octanol–water partition coefficient (Wildman–Crippen LogP) is 4.26. The number of alkyl halides is 3. The Labute approximate surface area is 133 Å². The van der Waals surface area contributed by atoms with Gasteiger partial charge in [0.05, 0.1) is 16.1 Å². The van der Waals surface area contributed by atoms with E-state index in [1.165, 1.54) is 16.6 Å². The fourth-order valence-corrected chi connectivity index (χ4v) is 2.35. The van der Waals surface area contributed by atoms with Crippen LogP contribution in [0.2, 0.25) is 5.02 Å². The predicted molar refractivity (Wildman–Crippen MR) is 79.6 cm³/mol. The summed E-state index contributed by atoms with van der Waals surface area (Å²) in [6.45, 7) is 0. The summed E-state index contributed by atoms with van der Waals surface area (Å²) in [5.41, 5.74) is -0.368. The van der Waals surface area contributed by atoms with Crippen molar-refractivity contribution in [2.45, 2.75) is 6.18 Å². The highest BCUT2D eigenvalue weighted by Crippen LogP contribution is 2.31. The van der Waals surface area contributed by atoms with E-state index in [0.717, 1.165) is 12.1 Å². The zero-order chi connectivity index (χ0) is 16.6. The molecule has 0 saturated heterocycles. The summed E-state index contributed by atoms with van der Waals surface area (Å²) in [5, 5.41) is 6.54. The largest absolute Gasteiger partial charge is 0.416 e. The summed E-state index contributed by atoms with van der Waals surface area (Å²) in [6, 6.07) is 9.47. The molecule has 0 fully saturated rings. The van der Waals surface area contributed by atoms with Gasteiger partial charge in [0.2, 0.25) is 0 Å². The van der Waals surface area contributed by atoms with Gasteiger partial charge in [-0.1, -0.05) is 23.7 Å². The van der Waals surface area contributed by atoms with Gasteiger partial charge in [-0.05, 0) is 30.3 Å². The molecule has 23 heavy (non-hydrogen) atoms. The van der Waals surface area contributed by atoms with Crippen molar-refractivity contribution in [1.82, 2.24) is 9.61 Å². The van der Waals surface area contributed by atoms with Gasteiger partial charge in [0.15, 0.2) is 5.69 Å². The number of pyridine rings is 1. The van der Waals surface area contributed by atoms with Crippen molar-refractivity contribution in [3.8, 4) is 0 Å². The maximum atomic E-state index is 12.7. The first-order chi connectivity index (χ1) is 10.9. The molecular weight excluding hydrogens is 331 g/mol. The number of hydrogen-bond donors (Lipinski definition) is 1. The van der Waals surface area contributed by atoms with E-state index in [4.69, 9.17) is 11.6 Å². The molecule has 0 unspecified atom stereocenters. The summed E-state index contributed by atoms with van der Waals surface area (Å²) < 4.78 is 39.5. The van der Waals surface area contributed by atoms with Crippen LogP contribution < -0.4 is 5.32 Å². The molecule has 0 spiro atoms. The minimum Gasteiger partial charge on any atom is -0.321 e. The highest BCUT2D eigenvalue weighted by atomic mass is 35.5. The van der Waals surface area contributed by atoms with Crippen LogP contribution >= 0.6 is 11.6 Å². The quantitative estimate of drug-likeness (QED) is 0.758. The van der Waals surface area contributed by atoms with E-state index >= 15 is 0 Å². The number of nitrogens with zero attached hydrogens (tertiary/aromatic N) is 2. The molecule has 1 aromatic carbocycles. The van der Waals surface area contributed by atoms with Crippen molar-refractivity contribution in [2.24, 2.45) is 0 Å². The molecule has 2 aromatic heterocycles. The van der Waals surface area contributed by atoms with Gasteiger partial charge in [0.25, 0.3) is 5.91 Å². The first-order valence-electron chi connectivity index (χ1n) is 6.48. The Kier molecular flexibility index (Phi) is 3.73. The minimum absolute atomic E-state index is 0.0120. The second-order valence-corrected chi connectivity index (χ2v) is 5.10. The molecule has 0 bridgehead atoms. The number of benzene rings is 1. The van der Waals surface area contributed by atoms with E-state index in [1.54, 1.807) is 24.4 Å². The van der Waals surface area contributed by atoms with Crippen molar-refractivity contribution < 1.29 is 18.0 Å². The van der Waals surface area contributed by atoms with Gasteiger partial charge in [-0.2, -0.15) is 18.3 Å². The average Bonchev–Trinajstić information content (AvgIpc) is 2.84. The number of carbonyl (C=O) groups excluding carboxylic acids is 1. The van der Waals surface area contributed by atoms with E-state index < -0.39 is 17.6 Å². The molecule has 4 nitrogen and oxygen atoms in total. The topological polar surface area (TPSA) is 46.4 Å². The van der Waals surface area contributed by atoms with E-state index in [1.807, 2.05) is 0 Å². The van der Waals surface area contributed by atoms with Crippen molar-refractivity contribution in [1.29, 1.82) is 0 Å². The number of fused-ring (bicyclic) bond motifs is 1. The molecule has 1 amide bonds. The average molecular weight is 340 g/mol. The van der Waals surface area contributed by atoms with E-state index in [0.29, 0.717) is 5.52 Å². The normalized spacial score (nSPS) is 11.7. The summed E-state index contributed by atoms with van der Waals surface area (Å²) >= 11 is 6.10. The Morgan fingerprint density at radius 1 is 1.17 bits per heavy atom. The Bertz CT molecular complexity index is 889. The molecule has 0 aliphatic carbocycles. The highest BCUT2D eigenvalue weighted by Gasteiger charge is 2.30. The van der Waals surface area contributed by atoms with Crippen LogP contribution in [0.4, 0.5) is 18.9 Å². The Balaban J connectivity index is 1.91. The van der Waals surface area contributed by atoms with Crippen LogP contribution in [0.5, 0.6) is 0 Å². The summed E-state index contributed by atoms with van der Waals surface area (Å²) in [6.07, 6.45) is -2.87.